The molecule has 31 heavy (non-hydrogen) atoms. The zero-order valence-electron chi connectivity index (χ0n) is 15.3. The van der Waals surface area contributed by atoms with Crippen LogP contribution in [0.2, 0.25) is 0 Å². The Morgan fingerprint density at radius 3 is 2.39 bits per heavy atom. The Kier molecular flexibility index (Phi) is 7.42. The van der Waals surface area contributed by atoms with E-state index in [1.54, 1.807) is 0 Å². The van der Waals surface area contributed by atoms with Gasteiger partial charge in [0.1, 0.15) is 18.3 Å². The van der Waals surface area contributed by atoms with Gasteiger partial charge in [-0.05, 0) is 25.2 Å². The largest absolute Gasteiger partial charge is 0.490 e. The molecule has 0 spiro atoms. The van der Waals surface area contributed by atoms with Gasteiger partial charge in [-0.3, -0.25) is 9.42 Å². The number of hydrogen-bond donors (Lipinski definition) is 7. The fraction of sp³-hybridized carbons (Fsp3) is 0.545. The first-order valence-corrected chi connectivity index (χ1v) is 12.7. The maximum absolute atomic E-state index is 15.2. The van der Waals surface area contributed by atoms with Gasteiger partial charge in [0.05, 0.1) is 0 Å². The van der Waals surface area contributed by atoms with Gasteiger partial charge >= 0.3 is 23.5 Å². The van der Waals surface area contributed by atoms with Crippen molar-refractivity contribution in [1.29, 1.82) is 0 Å². The highest BCUT2D eigenvalue weighted by Crippen LogP contribution is 2.66. The van der Waals surface area contributed by atoms with Gasteiger partial charge in [0.2, 0.25) is 0 Å². The lowest BCUT2D eigenvalue weighted by Crippen LogP contribution is -2.56. The summed E-state index contributed by atoms with van der Waals surface area (Å²) in [7, 11) is -17.2. The zero-order chi connectivity index (χ0) is 24.0. The van der Waals surface area contributed by atoms with Crippen molar-refractivity contribution in [3.8, 4) is 0 Å². The molecule has 2 aliphatic rings. The summed E-state index contributed by atoms with van der Waals surface area (Å²) < 4.78 is 65.0. The molecule has 0 aliphatic carbocycles. The Hall–Kier alpha value is -0.610. The van der Waals surface area contributed by atoms with Crippen molar-refractivity contribution in [3.05, 3.63) is 24.6 Å². The molecule has 0 bridgehead atoms. The number of aliphatic hydroxyl groups excluding tert-OH is 1. The quantitative estimate of drug-likeness (QED) is 0.158. The monoisotopic (exact) mass is 530 g/mol. The number of phosphoric acid groups is 3. The van der Waals surface area contributed by atoms with E-state index in [9.17, 15) is 28.8 Å². The Labute approximate surface area is 179 Å². The van der Waals surface area contributed by atoms with Crippen LogP contribution in [-0.4, -0.2) is 70.2 Å². The van der Waals surface area contributed by atoms with Crippen LogP contribution in [0.25, 0.3) is 0 Å². The number of alkyl halides is 1. The molecule has 15 nitrogen and oxygen atoms in total. The van der Waals surface area contributed by atoms with E-state index in [1.807, 2.05) is 0 Å². The van der Waals surface area contributed by atoms with Crippen molar-refractivity contribution in [2.45, 2.75) is 30.7 Å². The summed E-state index contributed by atoms with van der Waals surface area (Å²) in [6, 6.07) is 0. The summed E-state index contributed by atoms with van der Waals surface area (Å²) in [5.74, 6) is -3.38. The van der Waals surface area contributed by atoms with E-state index in [2.05, 4.69) is 25.0 Å². The molecule has 20 heteroatoms. The summed E-state index contributed by atoms with van der Waals surface area (Å²) in [4.78, 5) is 36.5. The molecule has 2 aliphatic heterocycles. The number of nitrogens with zero attached hydrogens (tertiary/aromatic N) is 1. The van der Waals surface area contributed by atoms with Gasteiger partial charge < -0.3 is 39.8 Å². The van der Waals surface area contributed by atoms with Gasteiger partial charge in [-0.15, -0.1) is 0 Å². The van der Waals surface area contributed by atoms with Crippen LogP contribution < -0.4 is 5.32 Å². The molecule has 6 atom stereocenters. The SMILES string of the molecule is C=C1C=CN([C@@H]2O[C@](F)(COP(=O)(O)OP(=O)(O)OP(=O)(O)O)C(O)[C@@]2(C)O)C(=S)N1. The molecular weight excluding hydrogens is 512 g/mol. The minimum absolute atomic E-state index is 0.0953. The average Bonchev–Trinajstić information content (AvgIpc) is 2.71. The van der Waals surface area contributed by atoms with E-state index in [-0.39, 0.29) is 5.11 Å². The molecule has 1 fully saturated rings. The van der Waals surface area contributed by atoms with Crippen LogP contribution in [-0.2, 0) is 31.6 Å². The highest BCUT2D eigenvalue weighted by atomic mass is 32.1. The topological polar surface area (TPSA) is 225 Å². The fourth-order valence-corrected chi connectivity index (χ4v) is 5.85. The maximum atomic E-state index is 15.2. The van der Waals surface area contributed by atoms with E-state index in [4.69, 9.17) is 31.6 Å². The van der Waals surface area contributed by atoms with E-state index in [1.165, 1.54) is 12.3 Å². The van der Waals surface area contributed by atoms with E-state index in [0.717, 1.165) is 11.8 Å². The number of halogens is 1. The molecule has 3 unspecified atom stereocenters. The molecule has 2 rings (SSSR count). The van der Waals surface area contributed by atoms with Gasteiger partial charge in [-0.1, -0.05) is 6.58 Å². The summed E-state index contributed by atoms with van der Waals surface area (Å²) in [5, 5.41) is 23.2. The molecule has 0 amide bonds. The summed E-state index contributed by atoms with van der Waals surface area (Å²) in [6.45, 7) is 2.90. The van der Waals surface area contributed by atoms with Crippen LogP contribution in [0.4, 0.5) is 4.39 Å². The minimum Gasteiger partial charge on any atom is -0.384 e. The first-order chi connectivity index (χ1) is 13.8. The fourth-order valence-electron chi connectivity index (χ4n) is 2.53. The second-order valence-corrected chi connectivity index (χ2v) is 11.2. The normalized spacial score (nSPS) is 35.5. The van der Waals surface area contributed by atoms with E-state index >= 15 is 4.39 Å². The summed E-state index contributed by atoms with van der Waals surface area (Å²) in [5.41, 5.74) is -2.01. The Bertz CT molecular complexity index is 940. The average molecular weight is 530 g/mol. The molecule has 178 valence electrons. The molecule has 0 radical (unpaired) electrons. The van der Waals surface area contributed by atoms with Gasteiger partial charge in [0.25, 0.3) is 5.85 Å². The first kappa shape index (κ1) is 26.6. The van der Waals surface area contributed by atoms with E-state index in [0.29, 0.717) is 5.70 Å². The van der Waals surface area contributed by atoms with E-state index < -0.39 is 53.9 Å². The number of thiocarbonyl (C=S) groups is 1. The second-order valence-electron chi connectivity index (χ2n) is 6.43. The van der Waals surface area contributed by atoms with Crippen molar-refractivity contribution in [3.63, 3.8) is 0 Å². The molecule has 0 aromatic rings. The first-order valence-electron chi connectivity index (χ1n) is 7.80. The standard InChI is InChI=1S/C11H18FN2O13P3S/c1-6-3-4-14(9(31)13-6)8-10(2,16)7(15)11(12,25-8)5-24-29(20,21)27-30(22,23)26-28(17,18)19/h3-4,7-8,15-16H,1,5H2,2H3,(H,13,31)(H,20,21)(H,22,23)(H2,17,18,19)/t7?,8-,10-,11-/m1/s1. The summed E-state index contributed by atoms with van der Waals surface area (Å²) >= 11 is 5.02. The van der Waals surface area contributed by atoms with Gasteiger partial charge in [-0.25, -0.2) is 18.1 Å². The molecule has 2 heterocycles. The Morgan fingerprint density at radius 1 is 1.29 bits per heavy atom. The molecule has 1 saturated heterocycles. The van der Waals surface area contributed by atoms with Crippen LogP contribution in [0.3, 0.4) is 0 Å². The number of nitrogens with one attached hydrogen (secondary N) is 1. The lowest BCUT2D eigenvalue weighted by Gasteiger charge is -2.36. The van der Waals surface area contributed by atoms with Gasteiger partial charge in [0, 0.05) is 11.9 Å². The highest BCUT2D eigenvalue weighted by molar-refractivity contribution is 7.80. The summed E-state index contributed by atoms with van der Waals surface area (Å²) in [6.07, 6.45) is -1.45. The van der Waals surface area contributed by atoms with Crippen molar-refractivity contribution < 1.29 is 65.8 Å². The number of hydrogen-bond acceptors (Lipinski definition) is 10. The third-order valence-electron chi connectivity index (χ3n) is 3.80. The van der Waals surface area contributed by atoms with Gasteiger partial charge in [0.15, 0.2) is 11.3 Å². The number of allylic oxidation sites excluding steroid dienone is 1. The number of rotatable bonds is 8. The lowest BCUT2D eigenvalue weighted by molar-refractivity contribution is -0.204. The predicted octanol–water partition coefficient (Wildman–Crippen LogP) is -0.319. The maximum Gasteiger partial charge on any atom is 0.490 e. The Balaban J connectivity index is 2.16. The molecule has 7 N–H and O–H groups in total. The molecule has 0 aromatic heterocycles. The minimum atomic E-state index is -5.84. The number of aliphatic hydroxyl groups is 2. The van der Waals surface area contributed by atoms with Crippen LogP contribution in [0.1, 0.15) is 6.92 Å². The number of ether oxygens (including phenoxy) is 1. The zero-order valence-corrected chi connectivity index (χ0v) is 18.8. The number of phosphoric ester groups is 1. The third kappa shape index (κ3) is 6.47. The second kappa shape index (κ2) is 8.63. The smallest absolute Gasteiger partial charge is 0.384 e. The molecule has 0 aromatic carbocycles. The Morgan fingerprint density at radius 2 is 1.87 bits per heavy atom. The molecular formula is C11H18FN2O13P3S. The van der Waals surface area contributed by atoms with Crippen molar-refractivity contribution in [2.24, 2.45) is 0 Å². The van der Waals surface area contributed by atoms with Crippen LogP contribution >= 0.6 is 35.7 Å². The van der Waals surface area contributed by atoms with Gasteiger partial charge in [-0.2, -0.15) is 8.62 Å². The van der Waals surface area contributed by atoms with Crippen LogP contribution in [0, 0.1) is 0 Å². The van der Waals surface area contributed by atoms with Crippen molar-refractivity contribution in [1.82, 2.24) is 10.2 Å². The highest BCUT2D eigenvalue weighted by Gasteiger charge is 2.64. The van der Waals surface area contributed by atoms with Crippen molar-refractivity contribution >= 4 is 40.8 Å². The van der Waals surface area contributed by atoms with Crippen molar-refractivity contribution in [2.75, 3.05) is 6.61 Å². The van der Waals surface area contributed by atoms with Crippen LogP contribution in [0.15, 0.2) is 24.6 Å². The molecule has 0 saturated carbocycles. The lowest BCUT2D eigenvalue weighted by atomic mass is 9.95. The third-order valence-corrected chi connectivity index (χ3v) is 7.90. The predicted molar refractivity (Wildman–Crippen MR) is 101 cm³/mol. The van der Waals surface area contributed by atoms with Crippen LogP contribution in [0.5, 0.6) is 0 Å².